The third-order valence-electron chi connectivity index (χ3n) is 4.86. The molecule has 0 aromatic heterocycles. The first-order valence-electron chi connectivity index (χ1n) is 11.6. The average Bonchev–Trinajstić information content (AvgIpc) is 2.81. The van der Waals surface area contributed by atoms with Crippen molar-refractivity contribution in [2.75, 3.05) is 72.4 Å². The lowest BCUT2D eigenvalue weighted by atomic mass is 10.2. The Balaban J connectivity index is 0.000000362. The van der Waals surface area contributed by atoms with Crippen molar-refractivity contribution >= 4 is 15.0 Å². The molecule has 33 heavy (non-hydrogen) atoms. The highest BCUT2D eigenvalue weighted by molar-refractivity contribution is 7.73. The Morgan fingerprint density at radius 2 is 1.45 bits per heavy atom. The van der Waals surface area contributed by atoms with Crippen molar-refractivity contribution in [3.63, 3.8) is 0 Å². The molecule has 12 heteroatoms. The number of rotatable bonds is 8. The second kappa shape index (κ2) is 16.9. The van der Waals surface area contributed by atoms with Crippen LogP contribution >= 0.6 is 15.0 Å². The van der Waals surface area contributed by atoms with Crippen molar-refractivity contribution in [2.24, 2.45) is 0 Å². The van der Waals surface area contributed by atoms with Crippen molar-refractivity contribution in [1.29, 1.82) is 0 Å². The van der Waals surface area contributed by atoms with Crippen LogP contribution in [0.1, 0.15) is 19.4 Å². The lowest BCUT2D eigenvalue weighted by Gasteiger charge is -2.34. The van der Waals surface area contributed by atoms with Crippen LogP contribution in [0.3, 0.4) is 0 Å². The third-order valence-corrected chi connectivity index (χ3v) is 9.74. The molecule has 192 valence electrons. The van der Waals surface area contributed by atoms with Gasteiger partial charge >= 0.3 is 7.60 Å². The van der Waals surface area contributed by atoms with Gasteiger partial charge in [0, 0.05) is 13.2 Å². The molecule has 2 heterocycles. The van der Waals surface area contributed by atoms with Gasteiger partial charge in [-0.25, -0.2) is 0 Å². The van der Waals surface area contributed by atoms with Crippen LogP contribution in [0, 0.1) is 0 Å². The van der Waals surface area contributed by atoms with Crippen LogP contribution in [0.15, 0.2) is 30.3 Å². The summed E-state index contributed by atoms with van der Waals surface area (Å²) in [6, 6.07) is 9.29. The number of quaternary nitrogens is 2. The second-order valence-electron chi connectivity index (χ2n) is 7.78. The highest BCUT2D eigenvalue weighted by atomic mass is 31.2. The van der Waals surface area contributed by atoms with Crippen LogP contribution in [0.4, 0.5) is 0 Å². The molecule has 2 fully saturated rings. The van der Waals surface area contributed by atoms with Gasteiger partial charge in [-0.3, -0.25) is 14.0 Å². The molecule has 2 aliphatic rings. The first-order chi connectivity index (χ1) is 15.7. The summed E-state index contributed by atoms with van der Waals surface area (Å²) in [7, 11) is -8.07. The number of nitrogens with zero attached hydrogens (tertiary/aromatic N) is 1. The first kappa shape index (κ1) is 30.4. The van der Waals surface area contributed by atoms with E-state index >= 15 is 0 Å². The monoisotopic (exact) mass is 511 g/mol. The van der Waals surface area contributed by atoms with Crippen LogP contribution in [-0.2, 0) is 29.7 Å². The van der Waals surface area contributed by atoms with E-state index in [0.29, 0.717) is 13.1 Å². The maximum atomic E-state index is 12.3. The summed E-state index contributed by atoms with van der Waals surface area (Å²) in [5.41, 5.74) is -0.524. The van der Waals surface area contributed by atoms with Crippen molar-refractivity contribution in [3.8, 4) is 0 Å². The van der Waals surface area contributed by atoms with Crippen molar-refractivity contribution in [2.45, 2.75) is 25.9 Å². The van der Waals surface area contributed by atoms with Gasteiger partial charge < -0.3 is 34.4 Å². The first-order valence-corrected chi connectivity index (χ1v) is 15.4. The van der Waals surface area contributed by atoms with Crippen LogP contribution in [0.25, 0.3) is 0 Å². The normalized spacial score (nSPS) is 20.8. The van der Waals surface area contributed by atoms with E-state index in [1.54, 1.807) is 13.8 Å². The molecule has 6 N–H and O–H groups in total. The molecule has 0 radical (unpaired) electrons. The Morgan fingerprint density at radius 3 is 1.76 bits per heavy atom. The number of hydrogen-bond donors (Lipinski definition) is 4. The summed E-state index contributed by atoms with van der Waals surface area (Å²) in [5, 5.41) is 4.53. The predicted octanol–water partition coefficient (Wildman–Crippen LogP) is 0.0742. The molecule has 3 atom stereocenters. The lowest BCUT2D eigenvalue weighted by Crippen LogP contribution is -2.87. The highest BCUT2D eigenvalue weighted by Crippen LogP contribution is 2.64. The number of nitrogens with two attached hydrogens (primary N) is 2. The van der Waals surface area contributed by atoms with Gasteiger partial charge in [0.1, 0.15) is 0 Å². The van der Waals surface area contributed by atoms with Gasteiger partial charge in [-0.15, -0.1) is 0 Å². The lowest BCUT2D eigenvalue weighted by molar-refractivity contribution is -0.670. The minimum Gasteiger partial charge on any atom is -0.370 e. The minimum absolute atomic E-state index is 0.00711. The summed E-state index contributed by atoms with van der Waals surface area (Å²) < 4.78 is 39.4. The summed E-state index contributed by atoms with van der Waals surface area (Å²) >= 11 is 0. The summed E-state index contributed by atoms with van der Waals surface area (Å²) in [6.07, 6.45) is 0. The van der Waals surface area contributed by atoms with Gasteiger partial charge in [0.15, 0.2) is 5.52 Å². The molecule has 2 aliphatic heterocycles. The third kappa shape index (κ3) is 13.1. The van der Waals surface area contributed by atoms with E-state index in [9.17, 15) is 18.9 Å². The number of hydrogen-bond acceptors (Lipinski definition) is 6. The fraction of sp³-hybridized carbons (Fsp3) is 0.714. The van der Waals surface area contributed by atoms with E-state index in [0.717, 1.165) is 64.8 Å². The summed E-state index contributed by atoms with van der Waals surface area (Å²) in [6.45, 7) is 13.5. The smallest absolute Gasteiger partial charge is 0.354 e. The second-order valence-corrected chi connectivity index (χ2v) is 12.4. The van der Waals surface area contributed by atoms with Crippen LogP contribution in [-0.4, -0.2) is 92.6 Å². The zero-order valence-corrected chi connectivity index (χ0v) is 22.0. The van der Waals surface area contributed by atoms with Gasteiger partial charge in [0.05, 0.1) is 59.2 Å². The van der Waals surface area contributed by atoms with Crippen LogP contribution < -0.4 is 10.6 Å². The molecular weight excluding hydrogens is 468 g/mol. The zero-order chi connectivity index (χ0) is 24.6. The topological polar surface area (TPSA) is 139 Å². The van der Waals surface area contributed by atoms with E-state index in [-0.39, 0.29) is 6.61 Å². The Hall–Kier alpha value is -0.640. The van der Waals surface area contributed by atoms with Gasteiger partial charge in [-0.05, 0) is 19.0 Å². The number of benzene rings is 1. The molecule has 10 nitrogen and oxygen atoms in total. The predicted molar refractivity (Wildman–Crippen MR) is 128 cm³/mol. The van der Waals surface area contributed by atoms with Crippen molar-refractivity contribution in [3.05, 3.63) is 35.9 Å². The Morgan fingerprint density at radius 1 is 0.970 bits per heavy atom. The molecule has 3 unspecified atom stereocenters. The fourth-order valence-corrected chi connectivity index (χ4v) is 7.74. The standard InChI is InChI=1S/C13H23NO5P2.2C4H9NO/c1-4-14(11-12-9-7-6-8-10-12)13(20(3,15)16)21(17,18)19-5-2;2*1-3-6-4-2-5-1/h6-10,13H,4-5,11H2,1-3H3,(H,15,16)(H,17,18);2*5H,1-4H2/p+2. The van der Waals surface area contributed by atoms with Crippen LogP contribution in [0.5, 0.6) is 0 Å². The van der Waals surface area contributed by atoms with Crippen LogP contribution in [0.2, 0.25) is 0 Å². The largest absolute Gasteiger partial charge is 0.370 e. The molecule has 2 saturated heterocycles. The molecule has 1 aromatic carbocycles. The summed E-state index contributed by atoms with van der Waals surface area (Å²) in [4.78, 5) is 21.5. The number of morpholine rings is 2. The quantitative estimate of drug-likeness (QED) is 0.360. The summed E-state index contributed by atoms with van der Waals surface area (Å²) in [5.74, 6) is 0. The van der Waals surface area contributed by atoms with Crippen molar-refractivity contribution < 1.29 is 43.5 Å². The van der Waals surface area contributed by atoms with E-state index in [1.807, 2.05) is 30.3 Å². The van der Waals surface area contributed by atoms with Gasteiger partial charge in [-0.2, -0.15) is 0 Å². The molecule has 0 aliphatic carbocycles. The van der Waals surface area contributed by atoms with Gasteiger partial charge in [0.25, 0.3) is 0 Å². The molecule has 0 amide bonds. The molecular formula is C21H43N3O7P2+2. The Kier molecular flexibility index (Phi) is 15.6. The van der Waals surface area contributed by atoms with E-state index in [2.05, 4.69) is 10.6 Å². The average molecular weight is 512 g/mol. The van der Waals surface area contributed by atoms with Gasteiger partial charge in [0.2, 0.25) is 7.37 Å². The maximum Gasteiger partial charge on any atom is 0.354 e. The van der Waals surface area contributed by atoms with E-state index in [4.69, 9.17) is 14.0 Å². The SMILES string of the molecule is C1COCC[NH2+]1.C1COCC[NH2+]1.CCOP(=O)(O)C(N(CC)Cc1ccccc1)P(C)(=O)O. The highest BCUT2D eigenvalue weighted by Gasteiger charge is 2.46. The number of ether oxygens (including phenoxy) is 2. The van der Waals surface area contributed by atoms with E-state index in [1.165, 1.54) is 4.90 Å². The molecule has 0 saturated carbocycles. The fourth-order valence-electron chi connectivity index (χ4n) is 3.37. The maximum absolute atomic E-state index is 12.3. The van der Waals surface area contributed by atoms with Gasteiger partial charge in [-0.1, -0.05) is 37.3 Å². The molecule has 0 bridgehead atoms. The zero-order valence-electron chi connectivity index (χ0n) is 20.2. The van der Waals surface area contributed by atoms with E-state index < -0.39 is 20.5 Å². The van der Waals surface area contributed by atoms with Crippen molar-refractivity contribution in [1.82, 2.24) is 4.90 Å². The Labute approximate surface area is 198 Å². The molecule has 0 spiro atoms. The Bertz CT molecular complexity index is 678. The molecule has 1 aromatic rings. The molecule has 3 rings (SSSR count). The minimum atomic E-state index is -4.22.